The molecule has 0 aliphatic rings. The number of aromatic nitrogens is 1. The second-order valence-electron chi connectivity index (χ2n) is 6.58. The van der Waals surface area contributed by atoms with E-state index in [-0.39, 0.29) is 24.1 Å². The second kappa shape index (κ2) is 7.44. The predicted molar refractivity (Wildman–Crippen MR) is 104 cm³/mol. The Morgan fingerprint density at radius 2 is 1.85 bits per heavy atom. The van der Waals surface area contributed by atoms with E-state index in [0.717, 1.165) is 16.7 Å². The first-order valence-electron chi connectivity index (χ1n) is 8.59. The number of benzene rings is 2. The standard InChI is InChI=1S/C21H22N2O3/c1-14(2)26-18-8-9-19-16(12-18)10-11-23(21(19)25)13-20(24)22-17-6-4-15(3)5-7-17/h4-12,14H,13H2,1-3H3,(H,22,24). The zero-order valence-corrected chi connectivity index (χ0v) is 15.2. The van der Waals surface area contributed by atoms with Crippen LogP contribution in [-0.4, -0.2) is 16.6 Å². The monoisotopic (exact) mass is 350 g/mol. The van der Waals surface area contributed by atoms with Crippen LogP contribution in [0.3, 0.4) is 0 Å². The fourth-order valence-electron chi connectivity index (χ4n) is 2.73. The molecule has 0 unspecified atom stereocenters. The van der Waals surface area contributed by atoms with Gasteiger partial charge in [0.1, 0.15) is 12.3 Å². The third-order valence-electron chi connectivity index (χ3n) is 3.97. The summed E-state index contributed by atoms with van der Waals surface area (Å²) in [7, 11) is 0. The summed E-state index contributed by atoms with van der Waals surface area (Å²) in [6.45, 7) is 5.86. The van der Waals surface area contributed by atoms with Crippen molar-refractivity contribution in [2.24, 2.45) is 0 Å². The summed E-state index contributed by atoms with van der Waals surface area (Å²) in [5.41, 5.74) is 1.64. The van der Waals surface area contributed by atoms with E-state index in [0.29, 0.717) is 11.1 Å². The Labute approximate surface area is 152 Å². The van der Waals surface area contributed by atoms with Gasteiger partial charge in [0, 0.05) is 17.3 Å². The molecule has 1 N–H and O–H groups in total. The molecule has 3 aromatic rings. The van der Waals surface area contributed by atoms with Gasteiger partial charge in [0.2, 0.25) is 5.91 Å². The van der Waals surface area contributed by atoms with Gasteiger partial charge >= 0.3 is 0 Å². The normalized spacial score (nSPS) is 10.9. The highest BCUT2D eigenvalue weighted by Gasteiger charge is 2.09. The Kier molecular flexibility index (Phi) is 5.07. The molecule has 0 fully saturated rings. The van der Waals surface area contributed by atoms with Crippen LogP contribution in [0.2, 0.25) is 0 Å². The van der Waals surface area contributed by atoms with Crippen molar-refractivity contribution in [1.29, 1.82) is 0 Å². The minimum Gasteiger partial charge on any atom is -0.491 e. The predicted octanol–water partition coefficient (Wildman–Crippen LogP) is 3.74. The number of aryl methyl sites for hydroxylation is 1. The van der Waals surface area contributed by atoms with Crippen molar-refractivity contribution in [2.75, 3.05) is 5.32 Å². The molecule has 1 amide bonds. The summed E-state index contributed by atoms with van der Waals surface area (Å²) >= 11 is 0. The van der Waals surface area contributed by atoms with E-state index < -0.39 is 0 Å². The average molecular weight is 350 g/mol. The Balaban J connectivity index is 1.79. The van der Waals surface area contributed by atoms with E-state index in [1.165, 1.54) is 4.57 Å². The largest absolute Gasteiger partial charge is 0.491 e. The molecule has 0 radical (unpaired) electrons. The molecule has 0 aliphatic carbocycles. The van der Waals surface area contributed by atoms with Crippen molar-refractivity contribution in [2.45, 2.75) is 33.4 Å². The van der Waals surface area contributed by atoms with Crippen LogP contribution in [0, 0.1) is 6.92 Å². The fourth-order valence-corrected chi connectivity index (χ4v) is 2.73. The van der Waals surface area contributed by atoms with Gasteiger partial charge in [-0.15, -0.1) is 0 Å². The number of carbonyl (C=O) groups excluding carboxylic acids is 1. The van der Waals surface area contributed by atoms with Crippen LogP contribution in [-0.2, 0) is 11.3 Å². The number of fused-ring (bicyclic) bond motifs is 1. The number of pyridine rings is 1. The van der Waals surface area contributed by atoms with Gasteiger partial charge < -0.3 is 14.6 Å². The summed E-state index contributed by atoms with van der Waals surface area (Å²) < 4.78 is 7.07. The summed E-state index contributed by atoms with van der Waals surface area (Å²) in [6, 6.07) is 14.7. The van der Waals surface area contributed by atoms with Gasteiger partial charge in [-0.25, -0.2) is 0 Å². The number of anilines is 1. The topological polar surface area (TPSA) is 60.3 Å². The number of hydrogen-bond acceptors (Lipinski definition) is 3. The molecule has 0 bridgehead atoms. The molecule has 3 rings (SSSR count). The minimum absolute atomic E-state index is 0.0348. The maximum atomic E-state index is 12.6. The van der Waals surface area contributed by atoms with Crippen LogP contribution in [0.25, 0.3) is 10.8 Å². The minimum atomic E-state index is -0.241. The quantitative estimate of drug-likeness (QED) is 0.763. The number of rotatable bonds is 5. The van der Waals surface area contributed by atoms with Crippen LogP contribution < -0.4 is 15.6 Å². The summed E-state index contributed by atoms with van der Waals surface area (Å²) in [4.78, 5) is 24.9. The molecule has 1 heterocycles. The van der Waals surface area contributed by atoms with Gasteiger partial charge in [-0.2, -0.15) is 0 Å². The third kappa shape index (κ3) is 4.11. The molecule has 5 nitrogen and oxygen atoms in total. The zero-order valence-electron chi connectivity index (χ0n) is 15.2. The van der Waals surface area contributed by atoms with E-state index in [9.17, 15) is 9.59 Å². The van der Waals surface area contributed by atoms with Crippen LogP contribution in [0.4, 0.5) is 5.69 Å². The SMILES string of the molecule is Cc1ccc(NC(=O)Cn2ccc3cc(OC(C)C)ccc3c2=O)cc1. The van der Waals surface area contributed by atoms with Crippen molar-refractivity contribution in [3.8, 4) is 5.75 Å². The Hall–Kier alpha value is -3.08. The van der Waals surface area contributed by atoms with E-state index in [1.807, 2.05) is 57.2 Å². The zero-order chi connectivity index (χ0) is 18.7. The first-order valence-corrected chi connectivity index (χ1v) is 8.59. The lowest BCUT2D eigenvalue weighted by atomic mass is 10.1. The molecule has 2 aromatic carbocycles. The van der Waals surface area contributed by atoms with E-state index in [2.05, 4.69) is 5.32 Å². The smallest absolute Gasteiger partial charge is 0.258 e. The molecular weight excluding hydrogens is 328 g/mol. The van der Waals surface area contributed by atoms with Crippen molar-refractivity contribution < 1.29 is 9.53 Å². The van der Waals surface area contributed by atoms with Gasteiger partial charge in [-0.3, -0.25) is 9.59 Å². The number of carbonyl (C=O) groups is 1. The van der Waals surface area contributed by atoms with Gasteiger partial charge in [-0.1, -0.05) is 17.7 Å². The molecule has 26 heavy (non-hydrogen) atoms. The molecular formula is C21H22N2O3. The van der Waals surface area contributed by atoms with Crippen molar-refractivity contribution in [3.05, 3.63) is 70.6 Å². The lowest BCUT2D eigenvalue weighted by Crippen LogP contribution is -2.27. The highest BCUT2D eigenvalue weighted by Crippen LogP contribution is 2.19. The summed E-state index contributed by atoms with van der Waals surface area (Å²) in [5.74, 6) is 0.483. The van der Waals surface area contributed by atoms with Gasteiger partial charge in [-0.05, 0) is 62.6 Å². The Morgan fingerprint density at radius 3 is 2.54 bits per heavy atom. The van der Waals surface area contributed by atoms with Crippen LogP contribution in [0.1, 0.15) is 19.4 Å². The second-order valence-corrected chi connectivity index (χ2v) is 6.58. The third-order valence-corrected chi connectivity index (χ3v) is 3.97. The van der Waals surface area contributed by atoms with Gasteiger partial charge in [0.05, 0.1) is 6.10 Å². The highest BCUT2D eigenvalue weighted by atomic mass is 16.5. The van der Waals surface area contributed by atoms with E-state index in [1.54, 1.807) is 18.3 Å². The number of ether oxygens (including phenoxy) is 1. The van der Waals surface area contributed by atoms with Crippen molar-refractivity contribution >= 4 is 22.4 Å². The molecule has 134 valence electrons. The number of nitrogens with one attached hydrogen (secondary N) is 1. The molecule has 0 saturated heterocycles. The first-order chi connectivity index (χ1) is 12.4. The molecule has 1 aromatic heterocycles. The maximum absolute atomic E-state index is 12.6. The van der Waals surface area contributed by atoms with Gasteiger partial charge in [0.15, 0.2) is 0 Å². The van der Waals surface area contributed by atoms with Crippen LogP contribution >= 0.6 is 0 Å². The number of amides is 1. The molecule has 0 aliphatic heterocycles. The summed E-state index contributed by atoms with van der Waals surface area (Å²) in [5, 5.41) is 4.16. The van der Waals surface area contributed by atoms with Crippen LogP contribution in [0.15, 0.2) is 59.5 Å². The van der Waals surface area contributed by atoms with Crippen molar-refractivity contribution in [1.82, 2.24) is 4.57 Å². The molecule has 5 heteroatoms. The highest BCUT2D eigenvalue weighted by molar-refractivity contribution is 5.91. The maximum Gasteiger partial charge on any atom is 0.258 e. The molecule has 0 spiro atoms. The average Bonchev–Trinajstić information content (AvgIpc) is 2.59. The number of nitrogens with zero attached hydrogens (tertiary/aromatic N) is 1. The van der Waals surface area contributed by atoms with Gasteiger partial charge in [0.25, 0.3) is 5.56 Å². The van der Waals surface area contributed by atoms with E-state index in [4.69, 9.17) is 4.74 Å². The lowest BCUT2D eigenvalue weighted by Gasteiger charge is -2.11. The van der Waals surface area contributed by atoms with Crippen molar-refractivity contribution in [3.63, 3.8) is 0 Å². The Morgan fingerprint density at radius 1 is 1.12 bits per heavy atom. The fraction of sp³-hybridized carbons (Fsp3) is 0.238. The summed E-state index contributed by atoms with van der Waals surface area (Å²) in [6.07, 6.45) is 1.71. The Bertz CT molecular complexity index is 988. The molecule has 0 atom stereocenters. The molecule has 0 saturated carbocycles. The van der Waals surface area contributed by atoms with Crippen LogP contribution in [0.5, 0.6) is 5.75 Å². The number of hydrogen-bond donors (Lipinski definition) is 1. The van der Waals surface area contributed by atoms with E-state index >= 15 is 0 Å². The first kappa shape index (κ1) is 17.7. The lowest BCUT2D eigenvalue weighted by molar-refractivity contribution is -0.116.